The zero-order valence-electron chi connectivity index (χ0n) is 17.4. The maximum absolute atomic E-state index is 6.09. The minimum atomic E-state index is -0.161. The van der Waals surface area contributed by atoms with Crippen LogP contribution in [0.25, 0.3) is 11.4 Å². The summed E-state index contributed by atoms with van der Waals surface area (Å²) in [6, 6.07) is 8.54. The second-order valence-corrected chi connectivity index (χ2v) is 9.86. The van der Waals surface area contributed by atoms with Crippen LogP contribution in [0.4, 0.5) is 0 Å². The molecular formula is C23H32N3OS+. The van der Waals surface area contributed by atoms with Gasteiger partial charge in [0.15, 0.2) is 5.82 Å². The van der Waals surface area contributed by atoms with Crippen molar-refractivity contribution in [2.75, 3.05) is 25.4 Å². The van der Waals surface area contributed by atoms with Crippen molar-refractivity contribution >= 4 is 11.8 Å². The first-order valence-corrected chi connectivity index (χ1v) is 11.6. The predicted octanol–water partition coefficient (Wildman–Crippen LogP) is 3.46. The zero-order valence-corrected chi connectivity index (χ0v) is 18.2. The maximum atomic E-state index is 6.09. The molecule has 1 N–H and O–H groups in total. The van der Waals surface area contributed by atoms with Crippen LogP contribution in [-0.4, -0.2) is 41.0 Å². The van der Waals surface area contributed by atoms with Crippen LogP contribution >= 0.6 is 11.8 Å². The summed E-state index contributed by atoms with van der Waals surface area (Å²) >= 11 is 1.89. The number of aromatic nitrogens is 2. The Hall–Kier alpha value is -1.43. The van der Waals surface area contributed by atoms with E-state index in [1.807, 2.05) is 11.8 Å². The van der Waals surface area contributed by atoms with Gasteiger partial charge in [0.1, 0.15) is 5.03 Å². The fraction of sp³-hybridized carbons (Fsp3) is 0.565. The number of ether oxygens (including phenoxy) is 1. The Bertz CT molecular complexity index is 813. The molecule has 0 aliphatic carbocycles. The molecule has 1 aromatic carbocycles. The number of thioether (sulfide) groups is 1. The average Bonchev–Trinajstić information content (AvgIpc) is 2.68. The Balaban J connectivity index is 1.58. The van der Waals surface area contributed by atoms with Crippen LogP contribution in [0.3, 0.4) is 0 Å². The van der Waals surface area contributed by atoms with Crippen molar-refractivity contribution in [2.24, 2.45) is 0 Å². The van der Waals surface area contributed by atoms with Gasteiger partial charge < -0.3 is 9.64 Å². The number of aryl methyl sites for hydroxylation is 1. The standard InChI is InChI=1S/C23H31N3OS/c1-17-7-9-18(10-8-17)21-24-20-15-23(2,3)27-16-19(20)22(25-21)28-14-13-26-11-5-4-6-12-26/h7-10H,4-6,11-16H2,1-3H3/p+1. The van der Waals surface area contributed by atoms with E-state index in [9.17, 15) is 0 Å². The molecule has 28 heavy (non-hydrogen) atoms. The summed E-state index contributed by atoms with van der Waals surface area (Å²) in [5.74, 6) is 1.96. The van der Waals surface area contributed by atoms with Crippen LogP contribution in [0.2, 0.25) is 0 Å². The lowest BCUT2D eigenvalue weighted by Gasteiger charge is -2.32. The maximum Gasteiger partial charge on any atom is 0.160 e. The molecule has 0 unspecified atom stereocenters. The highest BCUT2D eigenvalue weighted by Gasteiger charge is 2.30. The molecule has 0 amide bonds. The lowest BCUT2D eigenvalue weighted by atomic mass is 9.96. The Kier molecular flexibility index (Phi) is 6.04. The fourth-order valence-corrected chi connectivity index (χ4v) is 5.15. The SMILES string of the molecule is Cc1ccc(-c2nc3c(c(SCC[NH+]4CCCCC4)n2)COC(C)(C)C3)cc1. The van der Waals surface area contributed by atoms with E-state index in [-0.39, 0.29) is 5.60 Å². The highest BCUT2D eigenvalue weighted by Crippen LogP contribution is 2.33. The van der Waals surface area contributed by atoms with Crippen molar-refractivity contribution in [3.63, 3.8) is 0 Å². The summed E-state index contributed by atoms with van der Waals surface area (Å²) in [4.78, 5) is 11.7. The van der Waals surface area contributed by atoms with Crippen molar-refractivity contribution < 1.29 is 9.64 Å². The minimum Gasteiger partial charge on any atom is -0.370 e. The van der Waals surface area contributed by atoms with Gasteiger partial charge in [0.25, 0.3) is 0 Å². The topological polar surface area (TPSA) is 39.5 Å². The third-order valence-corrected chi connectivity index (χ3v) is 6.84. The van der Waals surface area contributed by atoms with Gasteiger partial charge in [-0.2, -0.15) is 0 Å². The Morgan fingerprint density at radius 2 is 1.82 bits per heavy atom. The first-order valence-electron chi connectivity index (χ1n) is 10.6. The molecule has 1 aromatic heterocycles. The number of hydrogen-bond donors (Lipinski definition) is 1. The van der Waals surface area contributed by atoms with Crippen molar-refractivity contribution in [1.82, 2.24) is 9.97 Å². The molecular weight excluding hydrogens is 366 g/mol. The highest BCUT2D eigenvalue weighted by atomic mass is 32.2. The molecule has 150 valence electrons. The number of piperidine rings is 1. The number of likely N-dealkylation sites (tertiary alicyclic amines) is 1. The van der Waals surface area contributed by atoms with E-state index in [2.05, 4.69) is 45.0 Å². The number of nitrogens with zero attached hydrogens (tertiary/aromatic N) is 2. The second-order valence-electron chi connectivity index (χ2n) is 8.78. The Morgan fingerprint density at radius 1 is 1.07 bits per heavy atom. The minimum absolute atomic E-state index is 0.161. The van der Waals surface area contributed by atoms with Gasteiger partial charge in [-0.15, -0.1) is 11.8 Å². The van der Waals surface area contributed by atoms with Gasteiger partial charge in [-0.1, -0.05) is 29.8 Å². The molecule has 0 spiro atoms. The summed E-state index contributed by atoms with van der Waals surface area (Å²) in [6.07, 6.45) is 5.00. The largest absolute Gasteiger partial charge is 0.370 e. The van der Waals surface area contributed by atoms with Gasteiger partial charge in [0.2, 0.25) is 0 Å². The van der Waals surface area contributed by atoms with Crippen molar-refractivity contribution in [3.8, 4) is 11.4 Å². The third-order valence-electron chi connectivity index (χ3n) is 5.82. The number of quaternary nitrogens is 1. The Morgan fingerprint density at radius 3 is 2.57 bits per heavy atom. The van der Waals surface area contributed by atoms with Gasteiger partial charge in [-0.3, -0.25) is 0 Å². The number of nitrogens with one attached hydrogen (secondary N) is 1. The molecule has 4 rings (SSSR count). The van der Waals surface area contributed by atoms with E-state index in [0.717, 1.165) is 34.3 Å². The first kappa shape index (κ1) is 19.9. The molecule has 3 heterocycles. The van der Waals surface area contributed by atoms with Gasteiger partial charge >= 0.3 is 0 Å². The van der Waals surface area contributed by atoms with E-state index in [1.54, 1.807) is 4.90 Å². The summed E-state index contributed by atoms with van der Waals surface area (Å²) in [6.45, 7) is 10.9. The van der Waals surface area contributed by atoms with Gasteiger partial charge in [-0.25, -0.2) is 9.97 Å². The summed E-state index contributed by atoms with van der Waals surface area (Å²) < 4.78 is 6.09. The molecule has 1 saturated heterocycles. The molecule has 1 fully saturated rings. The van der Waals surface area contributed by atoms with Crippen LogP contribution in [0.15, 0.2) is 29.3 Å². The first-order chi connectivity index (χ1) is 13.5. The molecule has 5 heteroatoms. The number of rotatable bonds is 5. The van der Waals surface area contributed by atoms with Crippen LogP contribution in [0.1, 0.15) is 49.9 Å². The summed E-state index contributed by atoms with van der Waals surface area (Å²) in [5.41, 5.74) is 4.56. The molecule has 2 aliphatic heterocycles. The summed E-state index contributed by atoms with van der Waals surface area (Å²) in [7, 11) is 0. The smallest absolute Gasteiger partial charge is 0.160 e. The summed E-state index contributed by atoms with van der Waals surface area (Å²) in [5, 5.41) is 1.12. The molecule has 0 atom stereocenters. The van der Waals surface area contributed by atoms with Gasteiger partial charge in [0, 0.05) is 23.3 Å². The predicted molar refractivity (Wildman–Crippen MR) is 115 cm³/mol. The van der Waals surface area contributed by atoms with Crippen molar-refractivity contribution in [2.45, 2.75) is 63.7 Å². The van der Waals surface area contributed by atoms with Crippen LogP contribution in [0, 0.1) is 6.92 Å². The van der Waals surface area contributed by atoms with E-state index in [0.29, 0.717) is 6.61 Å². The highest BCUT2D eigenvalue weighted by molar-refractivity contribution is 7.99. The quantitative estimate of drug-likeness (QED) is 0.618. The lowest BCUT2D eigenvalue weighted by molar-refractivity contribution is -0.902. The number of hydrogen-bond acceptors (Lipinski definition) is 4. The van der Waals surface area contributed by atoms with E-state index >= 15 is 0 Å². The third kappa shape index (κ3) is 4.76. The average molecular weight is 399 g/mol. The van der Waals surface area contributed by atoms with E-state index < -0.39 is 0 Å². The molecule has 2 aliphatic rings. The number of fused-ring (bicyclic) bond motifs is 1. The zero-order chi connectivity index (χ0) is 19.6. The van der Waals surface area contributed by atoms with Gasteiger partial charge in [-0.05, 0) is 40.0 Å². The fourth-order valence-electron chi connectivity index (χ4n) is 4.07. The normalized spacial score (nSPS) is 19.4. The molecule has 0 bridgehead atoms. The Labute approximate surface area is 173 Å². The number of benzene rings is 1. The van der Waals surface area contributed by atoms with Gasteiger partial charge in [0.05, 0.1) is 37.5 Å². The molecule has 0 radical (unpaired) electrons. The molecule has 2 aromatic rings. The van der Waals surface area contributed by atoms with Crippen LogP contribution in [0.5, 0.6) is 0 Å². The lowest BCUT2D eigenvalue weighted by Crippen LogP contribution is -3.13. The van der Waals surface area contributed by atoms with Crippen LogP contribution in [-0.2, 0) is 17.8 Å². The molecule has 4 nitrogen and oxygen atoms in total. The monoisotopic (exact) mass is 398 g/mol. The van der Waals surface area contributed by atoms with E-state index in [4.69, 9.17) is 14.7 Å². The van der Waals surface area contributed by atoms with Crippen LogP contribution < -0.4 is 4.90 Å². The van der Waals surface area contributed by atoms with Crippen molar-refractivity contribution in [1.29, 1.82) is 0 Å². The molecule has 0 saturated carbocycles. The van der Waals surface area contributed by atoms with Crippen molar-refractivity contribution in [3.05, 3.63) is 41.1 Å². The van der Waals surface area contributed by atoms with E-state index in [1.165, 1.54) is 50.0 Å². The second kappa shape index (κ2) is 8.52.